The normalized spacial score (nSPS) is 17.3. The highest BCUT2D eigenvalue weighted by molar-refractivity contribution is 6.30. The first-order valence-electron chi connectivity index (χ1n) is 6.09. The fourth-order valence-electron chi connectivity index (χ4n) is 2.05. The molecule has 1 amide bonds. The summed E-state index contributed by atoms with van der Waals surface area (Å²) in [5.74, 6) is 0.666. The Bertz CT molecular complexity index is 437. The molecule has 1 aromatic rings. The average molecular weight is 269 g/mol. The summed E-state index contributed by atoms with van der Waals surface area (Å²) < 4.78 is 5.78. The fourth-order valence-corrected chi connectivity index (χ4v) is 2.25. The van der Waals surface area contributed by atoms with Gasteiger partial charge < -0.3 is 15.8 Å². The third-order valence-electron chi connectivity index (χ3n) is 2.91. The van der Waals surface area contributed by atoms with Crippen molar-refractivity contribution in [3.8, 4) is 5.75 Å². The van der Waals surface area contributed by atoms with Crippen LogP contribution in [0.1, 0.15) is 18.4 Å². The van der Waals surface area contributed by atoms with Crippen LogP contribution in [0.3, 0.4) is 0 Å². The molecule has 0 saturated heterocycles. The van der Waals surface area contributed by atoms with E-state index >= 15 is 0 Å². The van der Waals surface area contributed by atoms with Crippen molar-refractivity contribution < 1.29 is 9.53 Å². The highest BCUT2D eigenvalue weighted by Gasteiger charge is 2.22. The van der Waals surface area contributed by atoms with Crippen LogP contribution in [-0.4, -0.2) is 25.1 Å². The zero-order valence-electron chi connectivity index (χ0n) is 10.1. The topological polar surface area (TPSA) is 64.4 Å². The van der Waals surface area contributed by atoms with Gasteiger partial charge in [-0.05, 0) is 36.7 Å². The summed E-state index contributed by atoms with van der Waals surface area (Å²) in [4.78, 5) is 10.6. The number of amides is 1. The first-order valence-corrected chi connectivity index (χ1v) is 6.47. The van der Waals surface area contributed by atoms with Gasteiger partial charge in [0.2, 0.25) is 5.91 Å². The molecule has 3 N–H and O–H groups in total. The number of hydrogen-bond donors (Lipinski definition) is 2. The highest BCUT2D eigenvalue weighted by Crippen LogP contribution is 2.30. The lowest BCUT2D eigenvalue weighted by atomic mass is 10.1. The minimum Gasteiger partial charge on any atom is -0.488 e. The predicted octanol–water partition coefficient (Wildman–Crippen LogP) is 1.50. The maximum absolute atomic E-state index is 10.6. The smallest absolute Gasteiger partial charge is 0.217 e. The summed E-state index contributed by atoms with van der Waals surface area (Å²) in [6, 6.07) is 5.69. The van der Waals surface area contributed by atoms with Gasteiger partial charge in [0.25, 0.3) is 0 Å². The molecule has 1 atom stereocenters. The monoisotopic (exact) mass is 268 g/mol. The molecular weight excluding hydrogens is 252 g/mol. The van der Waals surface area contributed by atoms with Crippen molar-refractivity contribution in [3.63, 3.8) is 0 Å². The molecule has 1 unspecified atom stereocenters. The number of ether oxygens (including phenoxy) is 1. The van der Waals surface area contributed by atoms with Gasteiger partial charge in [0.05, 0.1) is 0 Å². The Hall–Kier alpha value is -1.26. The Balaban J connectivity index is 1.70. The van der Waals surface area contributed by atoms with E-state index in [-0.39, 0.29) is 12.0 Å². The lowest BCUT2D eigenvalue weighted by Gasteiger charge is -2.11. The standard InChI is InChI=1S/C13H17ClN2O2/c14-10-3-4-12-9(6-10)7-11(18-12)8-16-5-1-2-13(15)17/h3-4,6,11,16H,1-2,5,7-8H2,(H2,15,17). The van der Waals surface area contributed by atoms with Crippen LogP contribution in [0.15, 0.2) is 18.2 Å². The number of nitrogens with one attached hydrogen (secondary N) is 1. The Morgan fingerprint density at radius 3 is 3.17 bits per heavy atom. The number of hydrogen-bond acceptors (Lipinski definition) is 3. The van der Waals surface area contributed by atoms with Gasteiger partial charge in [-0.15, -0.1) is 0 Å². The third kappa shape index (κ3) is 3.62. The van der Waals surface area contributed by atoms with Crippen molar-refractivity contribution in [1.29, 1.82) is 0 Å². The molecule has 0 aromatic heterocycles. The molecule has 1 aromatic carbocycles. The van der Waals surface area contributed by atoms with E-state index in [0.29, 0.717) is 6.42 Å². The number of benzene rings is 1. The van der Waals surface area contributed by atoms with Gasteiger partial charge >= 0.3 is 0 Å². The molecule has 1 aliphatic rings. The van der Waals surface area contributed by atoms with E-state index in [0.717, 1.165) is 42.3 Å². The molecule has 98 valence electrons. The Labute approximate surface area is 111 Å². The molecule has 1 heterocycles. The van der Waals surface area contributed by atoms with Crippen molar-refractivity contribution in [1.82, 2.24) is 5.32 Å². The van der Waals surface area contributed by atoms with Gasteiger partial charge in [0.1, 0.15) is 11.9 Å². The first-order chi connectivity index (χ1) is 8.65. The lowest BCUT2D eigenvalue weighted by Crippen LogP contribution is -2.31. The van der Waals surface area contributed by atoms with Crippen LogP contribution in [0.2, 0.25) is 5.02 Å². The number of halogens is 1. The van der Waals surface area contributed by atoms with E-state index in [1.165, 1.54) is 0 Å². The fraction of sp³-hybridized carbons (Fsp3) is 0.462. The van der Waals surface area contributed by atoms with Crippen molar-refractivity contribution in [2.24, 2.45) is 5.73 Å². The molecule has 0 bridgehead atoms. The zero-order valence-corrected chi connectivity index (χ0v) is 10.9. The lowest BCUT2D eigenvalue weighted by molar-refractivity contribution is -0.118. The quantitative estimate of drug-likeness (QED) is 0.769. The van der Waals surface area contributed by atoms with E-state index in [1.807, 2.05) is 18.2 Å². The third-order valence-corrected chi connectivity index (χ3v) is 3.15. The first kappa shape index (κ1) is 13.2. The van der Waals surface area contributed by atoms with Crippen LogP contribution in [0.25, 0.3) is 0 Å². The van der Waals surface area contributed by atoms with Crippen molar-refractivity contribution in [3.05, 3.63) is 28.8 Å². The van der Waals surface area contributed by atoms with E-state index in [1.54, 1.807) is 0 Å². The number of fused-ring (bicyclic) bond motifs is 1. The molecule has 2 rings (SSSR count). The largest absolute Gasteiger partial charge is 0.488 e. The van der Waals surface area contributed by atoms with Gasteiger partial charge in [-0.3, -0.25) is 4.79 Å². The minimum absolute atomic E-state index is 0.145. The average Bonchev–Trinajstić information content (AvgIpc) is 2.70. The number of nitrogens with two attached hydrogens (primary N) is 1. The Kier molecular flexibility index (Phi) is 4.44. The van der Waals surface area contributed by atoms with E-state index in [4.69, 9.17) is 22.1 Å². The molecule has 0 aliphatic carbocycles. The summed E-state index contributed by atoms with van der Waals surface area (Å²) in [6.45, 7) is 1.55. The second-order valence-electron chi connectivity index (χ2n) is 4.47. The molecular formula is C13H17ClN2O2. The zero-order chi connectivity index (χ0) is 13.0. The second kappa shape index (κ2) is 6.07. The van der Waals surface area contributed by atoms with Gasteiger partial charge in [-0.2, -0.15) is 0 Å². The van der Waals surface area contributed by atoms with Gasteiger partial charge in [0.15, 0.2) is 0 Å². The second-order valence-corrected chi connectivity index (χ2v) is 4.91. The molecule has 5 heteroatoms. The summed E-state index contributed by atoms with van der Waals surface area (Å²) in [5.41, 5.74) is 6.22. The van der Waals surface area contributed by atoms with Gasteiger partial charge in [-0.1, -0.05) is 11.6 Å². The number of carbonyl (C=O) groups is 1. The van der Waals surface area contributed by atoms with Crippen LogP contribution in [0, 0.1) is 0 Å². The molecule has 18 heavy (non-hydrogen) atoms. The molecule has 0 spiro atoms. The highest BCUT2D eigenvalue weighted by atomic mass is 35.5. The van der Waals surface area contributed by atoms with Gasteiger partial charge in [0, 0.05) is 24.4 Å². The van der Waals surface area contributed by atoms with Crippen molar-refractivity contribution in [2.45, 2.75) is 25.4 Å². The minimum atomic E-state index is -0.254. The van der Waals surface area contributed by atoms with Crippen LogP contribution >= 0.6 is 11.6 Å². The number of primary amides is 1. The number of rotatable bonds is 6. The maximum Gasteiger partial charge on any atom is 0.217 e. The number of carbonyl (C=O) groups excluding carboxylic acids is 1. The van der Waals surface area contributed by atoms with E-state index < -0.39 is 0 Å². The SMILES string of the molecule is NC(=O)CCCNCC1Cc2cc(Cl)ccc2O1. The summed E-state index contributed by atoms with van der Waals surface area (Å²) >= 11 is 5.93. The molecule has 1 aliphatic heterocycles. The summed E-state index contributed by atoms with van der Waals surface area (Å²) in [7, 11) is 0. The summed E-state index contributed by atoms with van der Waals surface area (Å²) in [5, 5.41) is 4.01. The maximum atomic E-state index is 10.6. The van der Waals surface area contributed by atoms with Crippen LogP contribution in [0.5, 0.6) is 5.75 Å². The predicted molar refractivity (Wildman–Crippen MR) is 70.9 cm³/mol. The van der Waals surface area contributed by atoms with E-state index in [2.05, 4.69) is 5.32 Å². The van der Waals surface area contributed by atoms with Gasteiger partial charge in [-0.25, -0.2) is 0 Å². The van der Waals surface area contributed by atoms with Crippen LogP contribution in [0.4, 0.5) is 0 Å². The van der Waals surface area contributed by atoms with Crippen LogP contribution in [-0.2, 0) is 11.2 Å². The van der Waals surface area contributed by atoms with Crippen molar-refractivity contribution >= 4 is 17.5 Å². The Morgan fingerprint density at radius 1 is 1.56 bits per heavy atom. The molecule has 0 fully saturated rings. The van der Waals surface area contributed by atoms with Crippen LogP contribution < -0.4 is 15.8 Å². The molecule has 0 radical (unpaired) electrons. The molecule has 0 saturated carbocycles. The van der Waals surface area contributed by atoms with E-state index in [9.17, 15) is 4.79 Å². The molecule has 4 nitrogen and oxygen atoms in total. The van der Waals surface area contributed by atoms with Crippen molar-refractivity contribution in [2.75, 3.05) is 13.1 Å². The Morgan fingerprint density at radius 2 is 2.39 bits per heavy atom. The summed E-state index contributed by atoms with van der Waals surface area (Å²) in [6.07, 6.45) is 2.21.